The van der Waals surface area contributed by atoms with Crippen molar-refractivity contribution in [1.29, 1.82) is 0 Å². The largest absolute Gasteiger partial charge is 0.472 e. The Morgan fingerprint density at radius 2 is 2.03 bits per heavy atom. The van der Waals surface area contributed by atoms with Crippen molar-refractivity contribution in [3.8, 4) is 17.0 Å². The lowest BCUT2D eigenvalue weighted by atomic mass is 9.88. The molecule has 0 aromatic carbocycles. The Hall–Kier alpha value is -3.00. The first kappa shape index (κ1) is 25.1. The monoisotopic (exact) mass is 480 g/mol. The summed E-state index contributed by atoms with van der Waals surface area (Å²) in [5.74, 6) is 0.212. The molecule has 1 N–H and O–H groups in total. The molecule has 188 valence electrons. The standard InChI is InChI=1S/C27H36N4O4/c1-18-15-31(19(2)17-32)27(34)23-12-22(21-10-7-11-28-13-21)14-29-25(23)35-24(18)16-30(3)26(33)20-8-5-4-6-9-20/h7,10-14,18-20,24,32H,4-6,8-9,15-17H2,1-3H3/t18-,19+,24-/m0/s1. The minimum absolute atomic E-state index is 0.0671. The van der Waals surface area contributed by atoms with Crippen LogP contribution in [-0.2, 0) is 4.79 Å². The van der Waals surface area contributed by atoms with Crippen LogP contribution in [0.4, 0.5) is 0 Å². The third kappa shape index (κ3) is 5.64. The minimum atomic E-state index is -0.361. The summed E-state index contributed by atoms with van der Waals surface area (Å²) in [6, 6.07) is 5.17. The Morgan fingerprint density at radius 3 is 2.71 bits per heavy atom. The molecule has 2 aromatic heterocycles. The van der Waals surface area contributed by atoms with E-state index in [1.165, 1.54) is 6.42 Å². The van der Waals surface area contributed by atoms with Crippen molar-refractivity contribution in [1.82, 2.24) is 19.8 Å². The summed E-state index contributed by atoms with van der Waals surface area (Å²) in [5, 5.41) is 9.86. The molecule has 0 saturated heterocycles. The molecule has 0 unspecified atom stereocenters. The predicted octanol–water partition coefficient (Wildman–Crippen LogP) is 3.40. The molecule has 0 spiro atoms. The SMILES string of the molecule is C[C@H](CO)N1C[C@H](C)[C@H](CN(C)C(=O)C2CCCCC2)Oc2ncc(-c3cccnc3)cc2C1=O. The summed E-state index contributed by atoms with van der Waals surface area (Å²) in [5.41, 5.74) is 1.96. The van der Waals surface area contributed by atoms with Crippen molar-refractivity contribution >= 4 is 11.8 Å². The number of likely N-dealkylation sites (N-methyl/N-ethyl adjacent to an activating group) is 1. The molecular weight excluding hydrogens is 444 g/mol. The second kappa shape index (κ2) is 11.2. The van der Waals surface area contributed by atoms with Crippen LogP contribution in [-0.4, -0.2) is 75.6 Å². The number of pyridine rings is 2. The van der Waals surface area contributed by atoms with E-state index in [0.29, 0.717) is 18.7 Å². The van der Waals surface area contributed by atoms with Gasteiger partial charge < -0.3 is 19.6 Å². The van der Waals surface area contributed by atoms with Crippen molar-refractivity contribution in [2.45, 2.75) is 58.1 Å². The van der Waals surface area contributed by atoms with Crippen molar-refractivity contribution in [2.75, 3.05) is 26.7 Å². The van der Waals surface area contributed by atoms with Crippen LogP contribution in [0.15, 0.2) is 36.8 Å². The smallest absolute Gasteiger partial charge is 0.259 e. The van der Waals surface area contributed by atoms with Crippen molar-refractivity contribution in [3.63, 3.8) is 0 Å². The van der Waals surface area contributed by atoms with Crippen LogP contribution in [0.1, 0.15) is 56.3 Å². The van der Waals surface area contributed by atoms with Gasteiger partial charge in [-0.3, -0.25) is 14.6 Å². The van der Waals surface area contributed by atoms with E-state index in [4.69, 9.17) is 4.74 Å². The van der Waals surface area contributed by atoms with Crippen LogP contribution >= 0.6 is 0 Å². The van der Waals surface area contributed by atoms with Crippen LogP contribution in [0.5, 0.6) is 5.88 Å². The zero-order valence-corrected chi connectivity index (χ0v) is 20.9. The highest BCUT2D eigenvalue weighted by atomic mass is 16.5. The Morgan fingerprint density at radius 1 is 1.26 bits per heavy atom. The van der Waals surface area contributed by atoms with E-state index in [9.17, 15) is 14.7 Å². The fourth-order valence-electron chi connectivity index (χ4n) is 5.03. The van der Waals surface area contributed by atoms with Crippen LogP contribution < -0.4 is 4.74 Å². The van der Waals surface area contributed by atoms with E-state index in [2.05, 4.69) is 9.97 Å². The molecule has 2 aliphatic rings. The number of aliphatic hydroxyl groups excluding tert-OH is 1. The molecule has 8 nitrogen and oxygen atoms in total. The maximum absolute atomic E-state index is 13.6. The molecule has 35 heavy (non-hydrogen) atoms. The molecule has 1 aliphatic heterocycles. The number of ether oxygens (including phenoxy) is 1. The first-order chi connectivity index (χ1) is 16.9. The van der Waals surface area contributed by atoms with E-state index in [0.717, 1.165) is 36.8 Å². The fraction of sp³-hybridized carbons (Fsp3) is 0.556. The average molecular weight is 481 g/mol. The van der Waals surface area contributed by atoms with Crippen molar-refractivity contribution < 1.29 is 19.4 Å². The van der Waals surface area contributed by atoms with Gasteiger partial charge >= 0.3 is 0 Å². The lowest BCUT2D eigenvalue weighted by Gasteiger charge is -2.38. The number of amides is 2. The number of aromatic nitrogens is 2. The first-order valence-electron chi connectivity index (χ1n) is 12.6. The summed E-state index contributed by atoms with van der Waals surface area (Å²) in [6.07, 6.45) is 10.1. The van der Waals surface area contributed by atoms with Gasteiger partial charge in [0.25, 0.3) is 5.91 Å². The summed E-state index contributed by atoms with van der Waals surface area (Å²) in [7, 11) is 1.84. The van der Waals surface area contributed by atoms with E-state index in [1.54, 1.807) is 34.5 Å². The topological polar surface area (TPSA) is 95.9 Å². The zero-order chi connectivity index (χ0) is 24.9. The quantitative estimate of drug-likeness (QED) is 0.681. The van der Waals surface area contributed by atoms with E-state index in [-0.39, 0.29) is 48.3 Å². The Balaban J connectivity index is 1.64. The molecular formula is C27H36N4O4. The van der Waals surface area contributed by atoms with Gasteiger partial charge in [0.15, 0.2) is 0 Å². The number of carbonyl (C=O) groups is 2. The van der Waals surface area contributed by atoms with E-state index in [1.807, 2.05) is 33.0 Å². The lowest BCUT2D eigenvalue weighted by Crippen LogP contribution is -2.51. The molecule has 2 amide bonds. The van der Waals surface area contributed by atoms with Crippen LogP contribution in [0.25, 0.3) is 11.1 Å². The third-order valence-corrected chi connectivity index (χ3v) is 7.30. The molecule has 3 atom stereocenters. The number of hydrogen-bond acceptors (Lipinski definition) is 6. The van der Waals surface area contributed by atoms with E-state index >= 15 is 0 Å². The second-order valence-electron chi connectivity index (χ2n) is 9.99. The summed E-state index contributed by atoms with van der Waals surface area (Å²) < 4.78 is 6.35. The van der Waals surface area contributed by atoms with Gasteiger partial charge in [0.2, 0.25) is 11.8 Å². The molecule has 1 saturated carbocycles. The fourth-order valence-corrected chi connectivity index (χ4v) is 5.03. The van der Waals surface area contributed by atoms with Gasteiger partial charge in [-0.25, -0.2) is 4.98 Å². The molecule has 0 radical (unpaired) electrons. The normalized spacial score (nSPS) is 21.9. The van der Waals surface area contributed by atoms with Gasteiger partial charge in [-0.1, -0.05) is 32.3 Å². The van der Waals surface area contributed by atoms with Gasteiger partial charge in [-0.05, 0) is 31.9 Å². The summed E-state index contributed by atoms with van der Waals surface area (Å²) in [4.78, 5) is 38.8. The van der Waals surface area contributed by atoms with Crippen LogP contribution in [0.3, 0.4) is 0 Å². The Bertz CT molecular complexity index is 1030. The summed E-state index contributed by atoms with van der Waals surface area (Å²) >= 11 is 0. The van der Waals surface area contributed by atoms with Gasteiger partial charge in [0, 0.05) is 55.1 Å². The van der Waals surface area contributed by atoms with Gasteiger partial charge in [-0.15, -0.1) is 0 Å². The number of fused-ring (bicyclic) bond motifs is 1. The Kier molecular flexibility index (Phi) is 8.00. The molecule has 4 rings (SSSR count). The molecule has 2 aromatic rings. The van der Waals surface area contributed by atoms with Crippen molar-refractivity contribution in [2.24, 2.45) is 11.8 Å². The van der Waals surface area contributed by atoms with Gasteiger partial charge in [-0.2, -0.15) is 0 Å². The van der Waals surface area contributed by atoms with E-state index < -0.39 is 0 Å². The first-order valence-corrected chi connectivity index (χ1v) is 12.6. The Labute approximate surface area is 207 Å². The third-order valence-electron chi connectivity index (χ3n) is 7.30. The molecule has 0 bridgehead atoms. The predicted molar refractivity (Wildman–Crippen MR) is 133 cm³/mol. The molecule has 8 heteroatoms. The highest BCUT2D eigenvalue weighted by Gasteiger charge is 2.35. The lowest BCUT2D eigenvalue weighted by molar-refractivity contribution is -0.136. The average Bonchev–Trinajstić information content (AvgIpc) is 2.90. The number of nitrogens with zero attached hydrogens (tertiary/aromatic N) is 4. The number of rotatable bonds is 6. The van der Waals surface area contributed by atoms with Gasteiger partial charge in [0.1, 0.15) is 11.7 Å². The molecule has 3 heterocycles. The highest BCUT2D eigenvalue weighted by molar-refractivity contribution is 5.98. The number of aliphatic hydroxyl groups is 1. The molecule has 1 fully saturated rings. The van der Waals surface area contributed by atoms with Crippen LogP contribution in [0.2, 0.25) is 0 Å². The zero-order valence-electron chi connectivity index (χ0n) is 20.9. The minimum Gasteiger partial charge on any atom is -0.472 e. The molecule has 1 aliphatic carbocycles. The van der Waals surface area contributed by atoms with Gasteiger partial charge in [0.05, 0.1) is 19.2 Å². The maximum Gasteiger partial charge on any atom is 0.259 e. The number of carbonyl (C=O) groups excluding carboxylic acids is 2. The summed E-state index contributed by atoms with van der Waals surface area (Å²) in [6.45, 7) is 4.53. The second-order valence-corrected chi connectivity index (χ2v) is 9.99. The number of hydrogen-bond donors (Lipinski definition) is 1. The highest BCUT2D eigenvalue weighted by Crippen LogP contribution is 2.31. The van der Waals surface area contributed by atoms with Crippen molar-refractivity contribution in [3.05, 3.63) is 42.4 Å². The maximum atomic E-state index is 13.6. The van der Waals surface area contributed by atoms with Crippen LogP contribution in [0, 0.1) is 11.8 Å².